The number of carbonyl (C=O) groups is 1. The van der Waals surface area contributed by atoms with Gasteiger partial charge >= 0.3 is 0 Å². The fourth-order valence-electron chi connectivity index (χ4n) is 4.27. The number of aryl methyl sites for hydroxylation is 1. The molecule has 32 heavy (non-hydrogen) atoms. The Balaban J connectivity index is 1.64. The highest BCUT2D eigenvalue weighted by Gasteiger charge is 2.26. The molecule has 0 aromatic heterocycles. The Bertz CT molecular complexity index is 1060. The summed E-state index contributed by atoms with van der Waals surface area (Å²) in [6.45, 7) is 8.94. The number of nitrogens with zero attached hydrogens (tertiary/aromatic N) is 2. The molecule has 0 atom stereocenters. The summed E-state index contributed by atoms with van der Waals surface area (Å²) in [5.41, 5.74) is 2.82. The molecule has 7 nitrogen and oxygen atoms in total. The number of hydrogen-bond acceptors (Lipinski definition) is 5. The standard InChI is InChI=1S/C24H32N4O3S/c1-18-3-6-21(7-4-18)32(30,31)26-20-5-8-23(27-15-11-25-12-16-27)22(17-20)24(29)28-13-9-19(2)10-14-28/h3-8,17,19,25-26H,9-16H2,1-2H3. The van der Waals surface area contributed by atoms with Gasteiger partial charge in [0.05, 0.1) is 10.5 Å². The van der Waals surface area contributed by atoms with Gasteiger partial charge in [0.15, 0.2) is 0 Å². The molecule has 2 aliphatic rings. The fraction of sp³-hybridized carbons (Fsp3) is 0.458. The van der Waals surface area contributed by atoms with Gasteiger partial charge in [0.25, 0.3) is 15.9 Å². The van der Waals surface area contributed by atoms with Gasteiger partial charge in [0, 0.05) is 50.6 Å². The van der Waals surface area contributed by atoms with Gasteiger partial charge in [-0.1, -0.05) is 24.6 Å². The van der Waals surface area contributed by atoms with Crippen LogP contribution in [0.15, 0.2) is 47.4 Å². The highest BCUT2D eigenvalue weighted by molar-refractivity contribution is 7.92. The lowest BCUT2D eigenvalue weighted by Gasteiger charge is -2.34. The summed E-state index contributed by atoms with van der Waals surface area (Å²) in [5, 5.41) is 3.34. The Morgan fingerprint density at radius 3 is 2.31 bits per heavy atom. The van der Waals surface area contributed by atoms with Crippen molar-refractivity contribution in [3.8, 4) is 0 Å². The second kappa shape index (κ2) is 9.50. The lowest BCUT2D eigenvalue weighted by Crippen LogP contribution is -2.45. The van der Waals surface area contributed by atoms with Gasteiger partial charge in [-0.3, -0.25) is 9.52 Å². The number of piperazine rings is 1. The normalized spacial score (nSPS) is 17.9. The number of hydrogen-bond donors (Lipinski definition) is 2. The molecule has 0 spiro atoms. The zero-order valence-corrected chi connectivity index (χ0v) is 19.6. The van der Waals surface area contributed by atoms with Gasteiger partial charge in [-0.05, 0) is 56.0 Å². The lowest BCUT2D eigenvalue weighted by atomic mass is 9.98. The number of likely N-dealkylation sites (tertiary alicyclic amines) is 1. The largest absolute Gasteiger partial charge is 0.368 e. The van der Waals surface area contributed by atoms with E-state index in [9.17, 15) is 13.2 Å². The van der Waals surface area contributed by atoms with Gasteiger partial charge < -0.3 is 15.1 Å². The monoisotopic (exact) mass is 456 g/mol. The molecule has 0 saturated carbocycles. The van der Waals surface area contributed by atoms with Crippen LogP contribution in [-0.2, 0) is 10.0 Å². The van der Waals surface area contributed by atoms with Crippen LogP contribution in [0, 0.1) is 12.8 Å². The summed E-state index contributed by atoms with van der Waals surface area (Å²) < 4.78 is 28.4. The summed E-state index contributed by atoms with van der Waals surface area (Å²) in [4.78, 5) is 17.8. The Labute approximate surface area is 190 Å². The summed E-state index contributed by atoms with van der Waals surface area (Å²) in [5.74, 6) is 0.598. The van der Waals surface area contributed by atoms with Crippen LogP contribution in [0.5, 0.6) is 0 Å². The molecule has 2 saturated heterocycles. The van der Waals surface area contributed by atoms with Gasteiger partial charge in [0.2, 0.25) is 0 Å². The predicted molar refractivity (Wildman–Crippen MR) is 128 cm³/mol. The van der Waals surface area contributed by atoms with Crippen molar-refractivity contribution in [1.29, 1.82) is 0 Å². The van der Waals surface area contributed by atoms with Crippen molar-refractivity contribution < 1.29 is 13.2 Å². The number of anilines is 2. The molecule has 172 valence electrons. The Hall–Kier alpha value is -2.58. The zero-order chi connectivity index (χ0) is 22.7. The summed E-state index contributed by atoms with van der Waals surface area (Å²) >= 11 is 0. The Morgan fingerprint density at radius 1 is 1.00 bits per heavy atom. The van der Waals surface area contributed by atoms with E-state index < -0.39 is 10.0 Å². The molecular weight excluding hydrogens is 424 g/mol. The zero-order valence-electron chi connectivity index (χ0n) is 18.8. The van der Waals surface area contributed by atoms with Crippen molar-refractivity contribution in [2.75, 3.05) is 48.9 Å². The molecular formula is C24H32N4O3S. The second-order valence-corrected chi connectivity index (χ2v) is 10.5. The molecule has 2 N–H and O–H groups in total. The number of nitrogens with one attached hydrogen (secondary N) is 2. The van der Waals surface area contributed by atoms with E-state index in [4.69, 9.17) is 0 Å². The van der Waals surface area contributed by atoms with E-state index in [1.807, 2.05) is 17.9 Å². The van der Waals surface area contributed by atoms with Crippen LogP contribution in [0.1, 0.15) is 35.7 Å². The number of piperidine rings is 1. The van der Waals surface area contributed by atoms with E-state index >= 15 is 0 Å². The molecule has 2 heterocycles. The fourth-order valence-corrected chi connectivity index (χ4v) is 5.32. The quantitative estimate of drug-likeness (QED) is 0.723. The number of rotatable bonds is 5. The van der Waals surface area contributed by atoms with E-state index in [0.717, 1.165) is 63.4 Å². The lowest BCUT2D eigenvalue weighted by molar-refractivity contribution is 0.0698. The third kappa shape index (κ3) is 5.07. The van der Waals surface area contributed by atoms with Crippen molar-refractivity contribution in [2.24, 2.45) is 5.92 Å². The minimum atomic E-state index is -3.74. The minimum absolute atomic E-state index is 0.0261. The van der Waals surface area contributed by atoms with Crippen LogP contribution in [0.4, 0.5) is 11.4 Å². The topological polar surface area (TPSA) is 81.8 Å². The first-order chi connectivity index (χ1) is 15.3. The van der Waals surface area contributed by atoms with Gasteiger partial charge in [-0.25, -0.2) is 8.42 Å². The average Bonchev–Trinajstić information content (AvgIpc) is 2.80. The molecule has 0 bridgehead atoms. The summed E-state index contributed by atoms with van der Waals surface area (Å²) in [6.07, 6.45) is 1.99. The summed E-state index contributed by atoms with van der Waals surface area (Å²) in [6, 6.07) is 12.0. The molecule has 8 heteroatoms. The molecule has 2 aromatic carbocycles. The first-order valence-electron chi connectivity index (χ1n) is 11.3. The molecule has 2 fully saturated rings. The first-order valence-corrected chi connectivity index (χ1v) is 12.8. The molecule has 2 aromatic rings. The summed E-state index contributed by atoms with van der Waals surface area (Å²) in [7, 11) is -3.74. The highest BCUT2D eigenvalue weighted by atomic mass is 32.2. The Morgan fingerprint density at radius 2 is 1.66 bits per heavy atom. The molecule has 2 aliphatic heterocycles. The van der Waals surface area contributed by atoms with Crippen molar-refractivity contribution >= 4 is 27.3 Å². The molecule has 0 aliphatic carbocycles. The third-order valence-corrected chi connectivity index (χ3v) is 7.74. The van der Waals surface area contributed by atoms with Crippen LogP contribution in [0.25, 0.3) is 0 Å². The molecule has 1 amide bonds. The van der Waals surface area contributed by atoms with Crippen LogP contribution < -0.4 is 14.9 Å². The maximum absolute atomic E-state index is 13.5. The van der Waals surface area contributed by atoms with E-state index in [1.54, 1.807) is 36.4 Å². The number of amides is 1. The second-order valence-electron chi connectivity index (χ2n) is 8.86. The van der Waals surface area contributed by atoms with Crippen LogP contribution >= 0.6 is 0 Å². The van der Waals surface area contributed by atoms with Gasteiger partial charge in [-0.15, -0.1) is 0 Å². The molecule has 0 unspecified atom stereocenters. The van der Waals surface area contributed by atoms with Crippen LogP contribution in [-0.4, -0.2) is 58.5 Å². The third-order valence-electron chi connectivity index (χ3n) is 6.34. The maximum Gasteiger partial charge on any atom is 0.261 e. The van der Waals surface area contributed by atoms with Crippen molar-refractivity contribution in [1.82, 2.24) is 10.2 Å². The van der Waals surface area contributed by atoms with E-state index in [0.29, 0.717) is 17.2 Å². The van der Waals surface area contributed by atoms with Crippen molar-refractivity contribution in [2.45, 2.75) is 31.6 Å². The van der Waals surface area contributed by atoms with Crippen LogP contribution in [0.3, 0.4) is 0 Å². The first kappa shape index (κ1) is 22.6. The SMILES string of the molecule is Cc1ccc(S(=O)(=O)Nc2ccc(N3CCNCC3)c(C(=O)N3CCC(C)CC3)c2)cc1. The molecule has 0 radical (unpaired) electrons. The minimum Gasteiger partial charge on any atom is -0.368 e. The van der Waals surface area contributed by atoms with Crippen LogP contribution in [0.2, 0.25) is 0 Å². The van der Waals surface area contributed by atoms with Crippen molar-refractivity contribution in [3.05, 3.63) is 53.6 Å². The number of carbonyl (C=O) groups excluding carboxylic acids is 1. The molecule has 4 rings (SSSR count). The Kier molecular flexibility index (Phi) is 6.71. The highest BCUT2D eigenvalue weighted by Crippen LogP contribution is 2.29. The van der Waals surface area contributed by atoms with E-state index in [2.05, 4.69) is 21.9 Å². The number of sulfonamides is 1. The van der Waals surface area contributed by atoms with Gasteiger partial charge in [0.1, 0.15) is 0 Å². The van der Waals surface area contributed by atoms with E-state index in [-0.39, 0.29) is 10.8 Å². The maximum atomic E-state index is 13.5. The average molecular weight is 457 g/mol. The smallest absolute Gasteiger partial charge is 0.261 e. The predicted octanol–water partition coefficient (Wildman–Crippen LogP) is 3.08. The van der Waals surface area contributed by atoms with Gasteiger partial charge in [-0.2, -0.15) is 0 Å². The van der Waals surface area contributed by atoms with E-state index in [1.165, 1.54) is 0 Å². The number of benzene rings is 2. The van der Waals surface area contributed by atoms with Crippen molar-refractivity contribution in [3.63, 3.8) is 0 Å².